The minimum atomic E-state index is -0.645. The molecule has 2 rings (SSSR count). The van der Waals surface area contributed by atoms with Gasteiger partial charge in [-0.1, -0.05) is 37.3 Å². The second kappa shape index (κ2) is 7.94. The van der Waals surface area contributed by atoms with Crippen LogP contribution in [-0.2, 0) is 20.1 Å². The molecule has 0 bridgehead atoms. The number of anilines is 1. The molecule has 2 aromatic rings. The number of Topliss-reactive ketones (excluding diaryl/α,β-unsaturated/α-hetero) is 1. The van der Waals surface area contributed by atoms with E-state index in [1.807, 2.05) is 42.2 Å². The maximum Gasteiger partial charge on any atom is 0.332 e. The number of benzene rings is 1. The maximum absolute atomic E-state index is 12.7. The largest absolute Gasteiger partial charge is 0.384 e. The highest BCUT2D eigenvalue weighted by atomic mass is 16.2. The topological polar surface area (TPSA) is 90.3 Å². The first-order chi connectivity index (χ1) is 11.9. The smallest absolute Gasteiger partial charge is 0.332 e. The van der Waals surface area contributed by atoms with Crippen molar-refractivity contribution in [2.24, 2.45) is 7.05 Å². The van der Waals surface area contributed by atoms with Crippen molar-refractivity contribution < 1.29 is 4.79 Å². The van der Waals surface area contributed by atoms with Crippen molar-refractivity contribution in [2.75, 3.05) is 19.3 Å². The van der Waals surface area contributed by atoms with Gasteiger partial charge in [-0.05, 0) is 19.0 Å². The molecule has 0 radical (unpaired) electrons. The van der Waals surface area contributed by atoms with E-state index in [0.29, 0.717) is 19.5 Å². The molecule has 1 aromatic carbocycles. The quantitative estimate of drug-likeness (QED) is 0.752. The number of aromatic nitrogens is 2. The summed E-state index contributed by atoms with van der Waals surface area (Å²) in [5, 5.41) is 0. The number of carbonyl (C=O) groups excluding carboxylic acids is 1. The molecule has 0 aliphatic heterocycles. The standard InChI is InChI=1S/C18H24N4O3/c1-4-10-22-16(19)15(17(24)21(3)18(22)25)14(23)12-20(2)11-13-8-6-5-7-9-13/h5-9H,4,10-12,19H2,1-3H3. The first-order valence-corrected chi connectivity index (χ1v) is 8.21. The van der Waals surface area contributed by atoms with Gasteiger partial charge in [-0.2, -0.15) is 0 Å². The van der Waals surface area contributed by atoms with Crippen LogP contribution in [0.3, 0.4) is 0 Å². The second-order valence-electron chi connectivity index (χ2n) is 6.14. The Labute approximate surface area is 146 Å². The number of nitrogens with two attached hydrogens (primary N) is 1. The molecule has 134 valence electrons. The molecular formula is C18H24N4O3. The van der Waals surface area contributed by atoms with Gasteiger partial charge in [0.15, 0.2) is 5.78 Å². The van der Waals surface area contributed by atoms with Crippen molar-refractivity contribution in [3.63, 3.8) is 0 Å². The summed E-state index contributed by atoms with van der Waals surface area (Å²) in [7, 11) is 3.16. The lowest BCUT2D eigenvalue weighted by Gasteiger charge is -2.18. The Balaban J connectivity index is 2.30. The normalized spacial score (nSPS) is 11.0. The minimum Gasteiger partial charge on any atom is -0.384 e. The lowest BCUT2D eigenvalue weighted by atomic mass is 10.1. The number of hydrogen-bond donors (Lipinski definition) is 1. The Morgan fingerprint density at radius 3 is 2.44 bits per heavy atom. The Morgan fingerprint density at radius 1 is 1.20 bits per heavy atom. The van der Waals surface area contributed by atoms with Crippen LogP contribution in [-0.4, -0.2) is 33.4 Å². The van der Waals surface area contributed by atoms with Gasteiger partial charge >= 0.3 is 5.69 Å². The van der Waals surface area contributed by atoms with Gasteiger partial charge in [0, 0.05) is 20.1 Å². The van der Waals surface area contributed by atoms with Crippen molar-refractivity contribution in [3.05, 3.63) is 62.3 Å². The van der Waals surface area contributed by atoms with E-state index in [0.717, 1.165) is 10.1 Å². The minimum absolute atomic E-state index is 0.0403. The van der Waals surface area contributed by atoms with Crippen LogP contribution in [0.25, 0.3) is 0 Å². The van der Waals surface area contributed by atoms with Crippen LogP contribution in [0.15, 0.2) is 39.9 Å². The van der Waals surface area contributed by atoms with Crippen LogP contribution in [0, 0.1) is 0 Å². The summed E-state index contributed by atoms with van der Waals surface area (Å²) in [5.41, 5.74) is 5.78. The third kappa shape index (κ3) is 4.06. The van der Waals surface area contributed by atoms with Crippen LogP contribution < -0.4 is 17.0 Å². The summed E-state index contributed by atoms with van der Waals surface area (Å²) in [6, 6.07) is 9.72. The third-order valence-electron chi connectivity index (χ3n) is 4.02. The molecule has 0 aliphatic carbocycles. The van der Waals surface area contributed by atoms with Crippen molar-refractivity contribution >= 4 is 11.6 Å². The number of nitrogen functional groups attached to an aromatic ring is 1. The van der Waals surface area contributed by atoms with Crippen molar-refractivity contribution in [1.29, 1.82) is 0 Å². The van der Waals surface area contributed by atoms with Gasteiger partial charge in [0.25, 0.3) is 5.56 Å². The molecule has 0 aliphatic rings. The maximum atomic E-state index is 12.7. The molecule has 0 unspecified atom stereocenters. The number of rotatable bonds is 7. The molecule has 1 heterocycles. The van der Waals surface area contributed by atoms with E-state index in [1.54, 1.807) is 7.05 Å². The molecule has 7 nitrogen and oxygen atoms in total. The summed E-state index contributed by atoms with van der Waals surface area (Å²) in [6.45, 7) is 2.87. The lowest BCUT2D eigenvalue weighted by molar-refractivity contribution is 0.0941. The fourth-order valence-corrected chi connectivity index (χ4v) is 2.76. The molecule has 0 spiro atoms. The zero-order chi connectivity index (χ0) is 18.6. The number of carbonyl (C=O) groups is 1. The zero-order valence-electron chi connectivity index (χ0n) is 14.9. The Kier molecular flexibility index (Phi) is 5.93. The second-order valence-corrected chi connectivity index (χ2v) is 6.14. The van der Waals surface area contributed by atoms with Crippen molar-refractivity contribution in [3.8, 4) is 0 Å². The van der Waals surface area contributed by atoms with Gasteiger partial charge < -0.3 is 5.73 Å². The summed E-state index contributed by atoms with van der Waals surface area (Å²) in [6.07, 6.45) is 0.670. The van der Waals surface area contributed by atoms with E-state index >= 15 is 0 Å². The van der Waals surface area contributed by atoms with Crippen LogP contribution in [0.2, 0.25) is 0 Å². The summed E-state index contributed by atoms with van der Waals surface area (Å²) >= 11 is 0. The number of nitrogens with zero attached hydrogens (tertiary/aromatic N) is 3. The Bertz CT molecular complexity index is 868. The molecule has 0 fully saturated rings. The van der Waals surface area contributed by atoms with Gasteiger partial charge in [-0.25, -0.2) is 4.79 Å². The first kappa shape index (κ1) is 18.7. The highest BCUT2D eigenvalue weighted by molar-refractivity contribution is 6.01. The Morgan fingerprint density at radius 2 is 1.84 bits per heavy atom. The highest BCUT2D eigenvalue weighted by Crippen LogP contribution is 2.09. The van der Waals surface area contributed by atoms with Gasteiger partial charge in [0.05, 0.1) is 6.54 Å². The summed E-state index contributed by atoms with van der Waals surface area (Å²) in [4.78, 5) is 39.0. The molecular weight excluding hydrogens is 320 g/mol. The lowest BCUT2D eigenvalue weighted by Crippen LogP contribution is -2.43. The van der Waals surface area contributed by atoms with Gasteiger partial charge in [-0.3, -0.25) is 23.6 Å². The van der Waals surface area contributed by atoms with Crippen LogP contribution in [0.4, 0.5) is 5.82 Å². The predicted molar refractivity (Wildman–Crippen MR) is 97.8 cm³/mol. The molecule has 7 heteroatoms. The molecule has 0 atom stereocenters. The average molecular weight is 344 g/mol. The molecule has 25 heavy (non-hydrogen) atoms. The molecule has 0 saturated heterocycles. The third-order valence-corrected chi connectivity index (χ3v) is 4.02. The molecule has 1 aromatic heterocycles. The fourth-order valence-electron chi connectivity index (χ4n) is 2.76. The van der Waals surface area contributed by atoms with E-state index in [2.05, 4.69) is 0 Å². The van der Waals surface area contributed by atoms with Crippen molar-refractivity contribution in [1.82, 2.24) is 14.0 Å². The van der Waals surface area contributed by atoms with Crippen LogP contribution in [0.5, 0.6) is 0 Å². The number of hydrogen-bond acceptors (Lipinski definition) is 5. The van der Waals surface area contributed by atoms with Gasteiger partial charge in [-0.15, -0.1) is 0 Å². The molecule has 2 N–H and O–H groups in total. The summed E-state index contributed by atoms with van der Waals surface area (Å²) < 4.78 is 2.22. The van der Waals surface area contributed by atoms with E-state index in [1.165, 1.54) is 11.6 Å². The van der Waals surface area contributed by atoms with E-state index in [4.69, 9.17) is 5.73 Å². The predicted octanol–water partition coefficient (Wildman–Crippen LogP) is 0.854. The van der Waals surface area contributed by atoms with Gasteiger partial charge in [0.1, 0.15) is 11.4 Å². The average Bonchev–Trinajstić information content (AvgIpc) is 2.57. The van der Waals surface area contributed by atoms with Gasteiger partial charge in [0.2, 0.25) is 0 Å². The van der Waals surface area contributed by atoms with Crippen LogP contribution in [0.1, 0.15) is 29.3 Å². The monoisotopic (exact) mass is 344 g/mol. The van der Waals surface area contributed by atoms with Crippen LogP contribution >= 0.6 is 0 Å². The first-order valence-electron chi connectivity index (χ1n) is 8.21. The van der Waals surface area contributed by atoms with Crippen molar-refractivity contribution in [2.45, 2.75) is 26.4 Å². The van der Waals surface area contributed by atoms with E-state index in [9.17, 15) is 14.4 Å². The fraction of sp³-hybridized carbons (Fsp3) is 0.389. The molecule has 0 saturated carbocycles. The highest BCUT2D eigenvalue weighted by Gasteiger charge is 2.22. The van der Waals surface area contributed by atoms with E-state index < -0.39 is 11.2 Å². The SMILES string of the molecule is CCCn1c(N)c(C(=O)CN(C)Cc2ccccc2)c(=O)n(C)c1=O. The number of ketones is 1. The Hall–Kier alpha value is -2.67. The van der Waals surface area contributed by atoms with E-state index in [-0.39, 0.29) is 23.7 Å². The number of likely N-dealkylation sites (N-methyl/N-ethyl adjacent to an activating group) is 1. The zero-order valence-corrected chi connectivity index (χ0v) is 14.9. The molecule has 0 amide bonds. The summed E-state index contributed by atoms with van der Waals surface area (Å²) in [5.74, 6) is -0.436.